The number of hydrogen-bond acceptors (Lipinski definition) is 7. The zero-order chi connectivity index (χ0) is 17.9. The number of carbonyl (C=O) groups excluding carboxylic acids is 3. The standard InChI is InChI=1S/C16H17ClO7/c1-2-14(19)22-7-8-23-15(20)12-5-3-4-6-13(12)16(21)24-10-11(18)9-17/h2-6,11,18H,1,7-10H2. The average molecular weight is 357 g/mol. The molecule has 0 saturated heterocycles. The lowest BCUT2D eigenvalue weighted by molar-refractivity contribution is -0.138. The maximum atomic E-state index is 12.0. The zero-order valence-electron chi connectivity index (χ0n) is 12.8. The molecule has 0 aliphatic carbocycles. The van der Waals surface area contributed by atoms with E-state index in [2.05, 4.69) is 11.3 Å². The summed E-state index contributed by atoms with van der Waals surface area (Å²) in [5.41, 5.74) is -0.00901. The van der Waals surface area contributed by atoms with Gasteiger partial charge in [-0.15, -0.1) is 11.6 Å². The molecule has 1 rings (SSSR count). The summed E-state index contributed by atoms with van der Waals surface area (Å²) >= 11 is 5.41. The molecule has 1 aromatic carbocycles. The largest absolute Gasteiger partial charge is 0.459 e. The van der Waals surface area contributed by atoms with Gasteiger partial charge < -0.3 is 19.3 Å². The number of rotatable bonds is 9. The second kappa shape index (κ2) is 10.4. The number of aliphatic hydroxyl groups excluding tert-OH is 1. The van der Waals surface area contributed by atoms with Crippen LogP contribution in [0.15, 0.2) is 36.9 Å². The average Bonchev–Trinajstić information content (AvgIpc) is 2.62. The molecule has 24 heavy (non-hydrogen) atoms. The molecule has 0 saturated carbocycles. The van der Waals surface area contributed by atoms with E-state index in [0.29, 0.717) is 0 Å². The van der Waals surface area contributed by atoms with Crippen LogP contribution in [0.5, 0.6) is 0 Å². The Morgan fingerprint density at radius 2 is 1.62 bits per heavy atom. The molecule has 0 heterocycles. The highest BCUT2D eigenvalue weighted by atomic mass is 35.5. The third kappa shape index (κ3) is 6.39. The second-order valence-electron chi connectivity index (χ2n) is 4.46. The van der Waals surface area contributed by atoms with Crippen LogP contribution < -0.4 is 0 Å². The maximum Gasteiger partial charge on any atom is 0.339 e. The first kappa shape index (κ1) is 19.7. The minimum Gasteiger partial charge on any atom is -0.459 e. The fourth-order valence-corrected chi connectivity index (χ4v) is 1.64. The maximum absolute atomic E-state index is 12.0. The van der Waals surface area contributed by atoms with Crippen molar-refractivity contribution in [1.82, 2.24) is 0 Å². The number of carbonyl (C=O) groups is 3. The fraction of sp³-hybridized carbons (Fsp3) is 0.312. The number of esters is 3. The molecule has 0 aromatic heterocycles. The number of hydrogen-bond donors (Lipinski definition) is 1. The molecule has 1 N–H and O–H groups in total. The molecule has 0 spiro atoms. The van der Waals surface area contributed by atoms with E-state index in [1.807, 2.05) is 0 Å². The van der Waals surface area contributed by atoms with Crippen LogP contribution in [-0.4, -0.2) is 54.8 Å². The van der Waals surface area contributed by atoms with Crippen molar-refractivity contribution in [2.24, 2.45) is 0 Å². The van der Waals surface area contributed by atoms with Gasteiger partial charge in [0.2, 0.25) is 0 Å². The predicted octanol–water partition coefficient (Wildman–Crippen LogP) is 1.33. The van der Waals surface area contributed by atoms with Crippen LogP contribution in [0.1, 0.15) is 20.7 Å². The van der Waals surface area contributed by atoms with Crippen molar-refractivity contribution in [2.75, 3.05) is 25.7 Å². The molecule has 1 aromatic rings. The number of aliphatic hydroxyl groups is 1. The van der Waals surface area contributed by atoms with Gasteiger partial charge in [0.1, 0.15) is 25.9 Å². The number of halogens is 1. The van der Waals surface area contributed by atoms with Gasteiger partial charge in [0.25, 0.3) is 0 Å². The van der Waals surface area contributed by atoms with E-state index in [1.54, 1.807) is 12.1 Å². The van der Waals surface area contributed by atoms with Gasteiger partial charge in [-0.2, -0.15) is 0 Å². The van der Waals surface area contributed by atoms with Crippen LogP contribution in [0.25, 0.3) is 0 Å². The third-order valence-electron chi connectivity index (χ3n) is 2.68. The van der Waals surface area contributed by atoms with E-state index >= 15 is 0 Å². The van der Waals surface area contributed by atoms with E-state index in [-0.39, 0.29) is 36.8 Å². The van der Waals surface area contributed by atoms with Crippen LogP contribution >= 0.6 is 11.6 Å². The van der Waals surface area contributed by atoms with E-state index in [0.717, 1.165) is 6.08 Å². The van der Waals surface area contributed by atoms with Crippen molar-refractivity contribution in [2.45, 2.75) is 6.10 Å². The van der Waals surface area contributed by atoms with Crippen LogP contribution in [-0.2, 0) is 19.0 Å². The monoisotopic (exact) mass is 356 g/mol. The molecule has 0 bridgehead atoms. The highest BCUT2D eigenvalue weighted by Gasteiger charge is 2.19. The molecule has 0 radical (unpaired) electrons. The van der Waals surface area contributed by atoms with Gasteiger partial charge >= 0.3 is 17.9 Å². The first-order valence-corrected chi connectivity index (χ1v) is 7.49. The quantitative estimate of drug-likeness (QED) is 0.234. The van der Waals surface area contributed by atoms with E-state index in [1.165, 1.54) is 12.1 Å². The summed E-state index contributed by atoms with van der Waals surface area (Å²) in [6.45, 7) is 2.63. The number of ether oxygens (including phenoxy) is 3. The highest BCUT2D eigenvalue weighted by Crippen LogP contribution is 2.12. The van der Waals surface area contributed by atoms with Gasteiger partial charge in [0.05, 0.1) is 17.0 Å². The molecule has 130 valence electrons. The number of alkyl halides is 1. The second-order valence-corrected chi connectivity index (χ2v) is 4.77. The summed E-state index contributed by atoms with van der Waals surface area (Å²) in [7, 11) is 0. The van der Waals surface area contributed by atoms with Crippen molar-refractivity contribution >= 4 is 29.5 Å². The van der Waals surface area contributed by atoms with Gasteiger partial charge in [-0.25, -0.2) is 14.4 Å². The normalized spacial score (nSPS) is 11.2. The van der Waals surface area contributed by atoms with Gasteiger partial charge in [-0.3, -0.25) is 0 Å². The Hall–Kier alpha value is -2.38. The highest BCUT2D eigenvalue weighted by molar-refractivity contribution is 6.18. The van der Waals surface area contributed by atoms with Gasteiger partial charge in [-0.1, -0.05) is 18.7 Å². The molecule has 8 heteroatoms. The predicted molar refractivity (Wildman–Crippen MR) is 84.9 cm³/mol. The van der Waals surface area contributed by atoms with Crippen LogP contribution in [0.4, 0.5) is 0 Å². The third-order valence-corrected chi connectivity index (χ3v) is 3.04. The lowest BCUT2D eigenvalue weighted by atomic mass is 10.1. The lowest BCUT2D eigenvalue weighted by Crippen LogP contribution is -2.22. The summed E-state index contributed by atoms with van der Waals surface area (Å²) in [4.78, 5) is 34.9. The van der Waals surface area contributed by atoms with Crippen molar-refractivity contribution in [3.8, 4) is 0 Å². The van der Waals surface area contributed by atoms with Crippen molar-refractivity contribution in [1.29, 1.82) is 0 Å². The first-order valence-electron chi connectivity index (χ1n) is 6.96. The Morgan fingerprint density at radius 3 is 2.17 bits per heavy atom. The van der Waals surface area contributed by atoms with Gasteiger partial charge in [0, 0.05) is 6.08 Å². The van der Waals surface area contributed by atoms with E-state index in [9.17, 15) is 19.5 Å². The molecule has 0 amide bonds. The summed E-state index contributed by atoms with van der Waals surface area (Å²) in [6, 6.07) is 5.90. The van der Waals surface area contributed by atoms with E-state index in [4.69, 9.17) is 21.1 Å². The fourth-order valence-electron chi connectivity index (χ4n) is 1.55. The molecular weight excluding hydrogens is 340 g/mol. The Morgan fingerprint density at radius 1 is 1.08 bits per heavy atom. The Bertz CT molecular complexity index is 600. The Balaban J connectivity index is 2.64. The van der Waals surface area contributed by atoms with Crippen LogP contribution in [0.3, 0.4) is 0 Å². The molecule has 0 fully saturated rings. The topological polar surface area (TPSA) is 99.1 Å². The summed E-state index contributed by atoms with van der Waals surface area (Å²) in [5, 5.41) is 9.29. The molecule has 0 aliphatic heterocycles. The van der Waals surface area contributed by atoms with Crippen molar-refractivity contribution in [3.05, 3.63) is 48.0 Å². The first-order chi connectivity index (χ1) is 11.5. The lowest BCUT2D eigenvalue weighted by Gasteiger charge is -2.11. The Kier molecular flexibility index (Phi) is 8.53. The van der Waals surface area contributed by atoms with E-state index < -0.39 is 24.0 Å². The molecule has 1 atom stereocenters. The smallest absolute Gasteiger partial charge is 0.339 e. The SMILES string of the molecule is C=CC(=O)OCCOC(=O)c1ccccc1C(=O)OCC(O)CCl. The summed E-state index contributed by atoms with van der Waals surface area (Å²) in [5.74, 6) is -2.27. The Labute approximate surface area is 143 Å². The summed E-state index contributed by atoms with van der Waals surface area (Å²) < 4.78 is 14.5. The molecule has 7 nitrogen and oxygen atoms in total. The van der Waals surface area contributed by atoms with Crippen molar-refractivity contribution in [3.63, 3.8) is 0 Å². The van der Waals surface area contributed by atoms with Crippen LogP contribution in [0, 0.1) is 0 Å². The zero-order valence-corrected chi connectivity index (χ0v) is 13.5. The summed E-state index contributed by atoms with van der Waals surface area (Å²) in [6.07, 6.45) is -0.00292. The van der Waals surface area contributed by atoms with Gasteiger partial charge in [0.15, 0.2) is 0 Å². The van der Waals surface area contributed by atoms with Crippen LogP contribution in [0.2, 0.25) is 0 Å². The number of benzene rings is 1. The van der Waals surface area contributed by atoms with Gasteiger partial charge in [-0.05, 0) is 12.1 Å². The molecular formula is C16H17ClO7. The minimum absolute atomic E-state index is 0.00193. The molecule has 0 aliphatic rings. The minimum atomic E-state index is -0.991. The van der Waals surface area contributed by atoms with Crippen molar-refractivity contribution < 1.29 is 33.7 Å². The molecule has 1 unspecified atom stereocenters.